The van der Waals surface area contributed by atoms with Crippen LogP contribution in [-0.4, -0.2) is 34.2 Å². The Bertz CT molecular complexity index is 494. The molecule has 0 bridgehead atoms. The van der Waals surface area contributed by atoms with Crippen LogP contribution < -0.4 is 5.32 Å². The Balaban J connectivity index is 1.96. The molecule has 0 fully saturated rings. The zero-order valence-corrected chi connectivity index (χ0v) is 8.88. The largest absolute Gasteiger partial charge is 0.469 e. The van der Waals surface area contributed by atoms with Crippen LogP contribution in [0.15, 0.2) is 24.5 Å². The summed E-state index contributed by atoms with van der Waals surface area (Å²) in [5, 5.41) is 7.07. The molecule has 0 aromatic carbocycles. The van der Waals surface area contributed by atoms with Gasteiger partial charge in [0.05, 0.1) is 19.7 Å². The van der Waals surface area contributed by atoms with Crippen LogP contribution in [0.3, 0.4) is 0 Å². The number of aromatic nitrogens is 3. The molecule has 1 N–H and O–H groups in total. The smallest absolute Gasteiger partial charge is 0.307 e. The lowest BCUT2D eigenvalue weighted by Crippen LogP contribution is -2.10. The lowest BCUT2D eigenvalue weighted by atomic mass is 10.4. The molecule has 0 saturated heterocycles. The topological polar surface area (TPSA) is 68.5 Å². The molecule has 0 aliphatic carbocycles. The quantitative estimate of drug-likeness (QED) is 0.768. The molecule has 0 radical (unpaired) electrons. The SMILES string of the molecule is COC(=O)CCNc1ccn2nccc2n1. The van der Waals surface area contributed by atoms with Gasteiger partial charge in [0, 0.05) is 18.8 Å². The van der Waals surface area contributed by atoms with E-state index in [0.717, 1.165) is 11.5 Å². The first kappa shape index (κ1) is 10.4. The van der Waals surface area contributed by atoms with Crippen LogP contribution in [0.25, 0.3) is 5.65 Å². The van der Waals surface area contributed by atoms with E-state index < -0.39 is 0 Å². The molecule has 0 amide bonds. The number of hydrogen-bond acceptors (Lipinski definition) is 5. The van der Waals surface area contributed by atoms with E-state index in [1.54, 1.807) is 16.8 Å². The number of ether oxygens (including phenoxy) is 1. The van der Waals surface area contributed by atoms with Crippen LogP contribution >= 0.6 is 0 Å². The van der Waals surface area contributed by atoms with Gasteiger partial charge in [-0.2, -0.15) is 5.10 Å². The Morgan fingerprint density at radius 1 is 1.56 bits per heavy atom. The van der Waals surface area contributed by atoms with Crippen LogP contribution in [-0.2, 0) is 9.53 Å². The maximum atomic E-state index is 10.9. The predicted octanol–water partition coefficient (Wildman–Crippen LogP) is 0.704. The first-order valence-corrected chi connectivity index (χ1v) is 4.90. The normalized spacial score (nSPS) is 10.3. The zero-order valence-electron chi connectivity index (χ0n) is 8.88. The standard InChI is InChI=1S/C10H12N4O2/c1-16-10(15)3-5-11-8-4-7-14-9(13-8)2-6-12-14/h2,4,6-7H,3,5H2,1H3,(H,11,13). The maximum Gasteiger partial charge on any atom is 0.307 e. The molecule has 0 saturated carbocycles. The van der Waals surface area contributed by atoms with Gasteiger partial charge in [-0.3, -0.25) is 4.79 Å². The number of carbonyl (C=O) groups excluding carboxylic acids is 1. The minimum absolute atomic E-state index is 0.238. The first-order chi connectivity index (χ1) is 7.79. The van der Waals surface area contributed by atoms with Crippen LogP contribution in [0.1, 0.15) is 6.42 Å². The summed E-state index contributed by atoms with van der Waals surface area (Å²) in [6.07, 6.45) is 3.81. The van der Waals surface area contributed by atoms with E-state index >= 15 is 0 Å². The van der Waals surface area contributed by atoms with Gasteiger partial charge in [0.2, 0.25) is 0 Å². The van der Waals surface area contributed by atoms with Crippen molar-refractivity contribution < 1.29 is 9.53 Å². The molecule has 2 aromatic heterocycles. The number of carbonyl (C=O) groups is 1. The first-order valence-electron chi connectivity index (χ1n) is 4.90. The molecule has 2 aromatic rings. The molecule has 0 aliphatic rings. The fraction of sp³-hybridized carbons (Fsp3) is 0.300. The Morgan fingerprint density at radius 2 is 2.44 bits per heavy atom. The number of esters is 1. The lowest BCUT2D eigenvalue weighted by molar-refractivity contribution is -0.140. The Kier molecular flexibility index (Phi) is 3.00. The summed E-state index contributed by atoms with van der Waals surface area (Å²) < 4.78 is 6.20. The summed E-state index contributed by atoms with van der Waals surface area (Å²) in [4.78, 5) is 15.2. The second-order valence-electron chi connectivity index (χ2n) is 3.20. The third-order valence-corrected chi connectivity index (χ3v) is 2.12. The summed E-state index contributed by atoms with van der Waals surface area (Å²) in [6, 6.07) is 3.61. The van der Waals surface area contributed by atoms with E-state index in [1.165, 1.54) is 7.11 Å². The van der Waals surface area contributed by atoms with E-state index in [-0.39, 0.29) is 5.97 Å². The second-order valence-corrected chi connectivity index (χ2v) is 3.20. The Hall–Kier alpha value is -2.11. The average Bonchev–Trinajstić information content (AvgIpc) is 2.76. The average molecular weight is 220 g/mol. The van der Waals surface area contributed by atoms with Crippen molar-refractivity contribution in [2.24, 2.45) is 0 Å². The van der Waals surface area contributed by atoms with Gasteiger partial charge in [-0.25, -0.2) is 9.50 Å². The zero-order chi connectivity index (χ0) is 11.4. The number of anilines is 1. The van der Waals surface area contributed by atoms with Crippen molar-refractivity contribution in [3.8, 4) is 0 Å². The monoisotopic (exact) mass is 220 g/mol. The number of rotatable bonds is 4. The molecule has 2 rings (SSSR count). The van der Waals surface area contributed by atoms with Crippen molar-refractivity contribution in [3.05, 3.63) is 24.5 Å². The maximum absolute atomic E-state index is 10.9. The Labute approximate surface area is 92.2 Å². The van der Waals surface area contributed by atoms with Crippen LogP contribution in [0, 0.1) is 0 Å². The number of methoxy groups -OCH3 is 1. The molecule has 0 atom stereocenters. The predicted molar refractivity (Wildman–Crippen MR) is 58.1 cm³/mol. The molecule has 0 unspecified atom stereocenters. The summed E-state index contributed by atoms with van der Waals surface area (Å²) in [7, 11) is 1.37. The van der Waals surface area contributed by atoms with E-state index in [4.69, 9.17) is 0 Å². The van der Waals surface area contributed by atoms with Crippen LogP contribution in [0.4, 0.5) is 5.82 Å². The van der Waals surface area contributed by atoms with E-state index in [1.807, 2.05) is 12.3 Å². The van der Waals surface area contributed by atoms with Crippen molar-refractivity contribution in [1.82, 2.24) is 14.6 Å². The highest BCUT2D eigenvalue weighted by Crippen LogP contribution is 2.05. The molecule has 0 aliphatic heterocycles. The van der Waals surface area contributed by atoms with Gasteiger partial charge in [-0.05, 0) is 6.07 Å². The minimum Gasteiger partial charge on any atom is -0.469 e. The molecule has 6 heteroatoms. The highest BCUT2D eigenvalue weighted by molar-refractivity contribution is 5.69. The lowest BCUT2D eigenvalue weighted by Gasteiger charge is -2.04. The fourth-order valence-electron chi connectivity index (χ4n) is 1.31. The third-order valence-electron chi connectivity index (χ3n) is 2.12. The molecule has 6 nitrogen and oxygen atoms in total. The number of nitrogens with one attached hydrogen (secondary N) is 1. The van der Waals surface area contributed by atoms with Crippen LogP contribution in [0.2, 0.25) is 0 Å². The van der Waals surface area contributed by atoms with Gasteiger partial charge in [-0.15, -0.1) is 0 Å². The van der Waals surface area contributed by atoms with Crippen molar-refractivity contribution in [2.75, 3.05) is 19.0 Å². The van der Waals surface area contributed by atoms with Crippen molar-refractivity contribution in [1.29, 1.82) is 0 Å². The van der Waals surface area contributed by atoms with Gasteiger partial charge in [-0.1, -0.05) is 0 Å². The molecule has 2 heterocycles. The highest BCUT2D eigenvalue weighted by atomic mass is 16.5. The molecular formula is C10H12N4O2. The van der Waals surface area contributed by atoms with E-state index in [9.17, 15) is 4.79 Å². The molecular weight excluding hydrogens is 208 g/mol. The summed E-state index contributed by atoms with van der Waals surface area (Å²) in [5.41, 5.74) is 0.767. The number of fused-ring (bicyclic) bond motifs is 1. The van der Waals surface area contributed by atoms with E-state index in [0.29, 0.717) is 13.0 Å². The second kappa shape index (κ2) is 4.61. The summed E-state index contributed by atoms with van der Waals surface area (Å²) in [5.74, 6) is 0.481. The Morgan fingerprint density at radius 3 is 3.25 bits per heavy atom. The van der Waals surface area contributed by atoms with E-state index in [2.05, 4.69) is 20.1 Å². The van der Waals surface area contributed by atoms with Crippen molar-refractivity contribution in [2.45, 2.75) is 6.42 Å². The molecule has 0 spiro atoms. The van der Waals surface area contributed by atoms with Crippen molar-refractivity contribution in [3.63, 3.8) is 0 Å². The minimum atomic E-state index is -0.238. The van der Waals surface area contributed by atoms with Gasteiger partial charge < -0.3 is 10.1 Å². The van der Waals surface area contributed by atoms with Gasteiger partial charge >= 0.3 is 5.97 Å². The van der Waals surface area contributed by atoms with Gasteiger partial charge in [0.25, 0.3) is 0 Å². The van der Waals surface area contributed by atoms with Crippen LogP contribution in [0.5, 0.6) is 0 Å². The molecule has 84 valence electrons. The molecule has 16 heavy (non-hydrogen) atoms. The number of hydrogen-bond donors (Lipinski definition) is 1. The summed E-state index contributed by atoms with van der Waals surface area (Å²) in [6.45, 7) is 0.504. The number of nitrogens with zero attached hydrogens (tertiary/aromatic N) is 3. The third kappa shape index (κ3) is 2.28. The van der Waals surface area contributed by atoms with Gasteiger partial charge in [0.1, 0.15) is 5.82 Å². The summed E-state index contributed by atoms with van der Waals surface area (Å²) >= 11 is 0. The highest BCUT2D eigenvalue weighted by Gasteiger charge is 2.01. The van der Waals surface area contributed by atoms with Gasteiger partial charge in [0.15, 0.2) is 5.65 Å². The fourth-order valence-corrected chi connectivity index (χ4v) is 1.31. The van der Waals surface area contributed by atoms with Crippen molar-refractivity contribution >= 4 is 17.4 Å².